The molecule has 1 aromatic rings. The molecule has 0 N–H and O–H groups in total. The van der Waals surface area contributed by atoms with Crippen molar-refractivity contribution in [3.05, 3.63) is 18.0 Å². The van der Waals surface area contributed by atoms with E-state index >= 15 is 0 Å². The Bertz CT molecular complexity index is 495. The molecule has 0 aliphatic carbocycles. The molecule has 1 saturated heterocycles. The van der Waals surface area contributed by atoms with E-state index in [9.17, 15) is 8.42 Å². The van der Waals surface area contributed by atoms with Crippen LogP contribution in [0, 0.1) is 5.92 Å². The fourth-order valence-corrected chi connectivity index (χ4v) is 4.38. The molecule has 0 amide bonds. The molecule has 4 nitrogen and oxygen atoms in total. The van der Waals surface area contributed by atoms with Crippen LogP contribution in [0.25, 0.3) is 0 Å². The van der Waals surface area contributed by atoms with Crippen LogP contribution in [0.3, 0.4) is 0 Å². The van der Waals surface area contributed by atoms with E-state index in [0.29, 0.717) is 12.5 Å². The largest absolute Gasteiger partial charge is 0.270 e. The average molecular weight is 277 g/mol. The summed E-state index contributed by atoms with van der Waals surface area (Å²) in [5, 5.41) is 3.98. The summed E-state index contributed by atoms with van der Waals surface area (Å²) >= 11 is 6.34. The standard InChI is InChI=1S/C11H17ClN2O2S/c1-8(2)14-6-10(5-13-14)11(12)9-3-4-17(15,16)7-9/h5-6,8-9,11H,3-4,7H2,1-2H3. The van der Waals surface area contributed by atoms with Crippen molar-refractivity contribution in [1.29, 1.82) is 0 Å². The second-order valence-electron chi connectivity index (χ2n) is 4.91. The first-order valence-electron chi connectivity index (χ1n) is 5.77. The lowest BCUT2D eigenvalue weighted by atomic mass is 10.0. The molecule has 1 fully saturated rings. The molecule has 2 rings (SSSR count). The first-order valence-corrected chi connectivity index (χ1v) is 8.03. The van der Waals surface area contributed by atoms with Crippen molar-refractivity contribution in [3.63, 3.8) is 0 Å². The van der Waals surface area contributed by atoms with E-state index in [1.54, 1.807) is 6.20 Å². The van der Waals surface area contributed by atoms with Gasteiger partial charge >= 0.3 is 0 Å². The number of halogens is 1. The molecule has 2 heterocycles. The molecule has 6 heteroatoms. The van der Waals surface area contributed by atoms with Crippen molar-refractivity contribution in [2.45, 2.75) is 31.7 Å². The summed E-state index contributed by atoms with van der Waals surface area (Å²) in [6.07, 6.45) is 4.30. The van der Waals surface area contributed by atoms with Gasteiger partial charge < -0.3 is 0 Å². The molecule has 0 radical (unpaired) electrons. The lowest BCUT2D eigenvalue weighted by molar-refractivity contribution is 0.529. The Labute approximate surface area is 107 Å². The van der Waals surface area contributed by atoms with Gasteiger partial charge in [-0.05, 0) is 26.2 Å². The lowest BCUT2D eigenvalue weighted by Gasteiger charge is -2.13. The van der Waals surface area contributed by atoms with Gasteiger partial charge in [-0.3, -0.25) is 4.68 Å². The molecule has 2 atom stereocenters. The molecule has 0 spiro atoms. The lowest BCUT2D eigenvalue weighted by Crippen LogP contribution is -2.10. The monoisotopic (exact) mass is 276 g/mol. The van der Waals surface area contributed by atoms with Crippen LogP contribution in [-0.4, -0.2) is 29.7 Å². The van der Waals surface area contributed by atoms with E-state index < -0.39 is 9.84 Å². The van der Waals surface area contributed by atoms with Gasteiger partial charge in [-0.15, -0.1) is 11.6 Å². The first kappa shape index (κ1) is 12.9. The van der Waals surface area contributed by atoms with Crippen molar-refractivity contribution >= 4 is 21.4 Å². The first-order chi connectivity index (χ1) is 7.89. The molecule has 2 unspecified atom stereocenters. The zero-order valence-corrected chi connectivity index (χ0v) is 11.6. The van der Waals surface area contributed by atoms with Crippen molar-refractivity contribution in [2.75, 3.05) is 11.5 Å². The predicted octanol–water partition coefficient (Wildman–Crippen LogP) is 2.18. The van der Waals surface area contributed by atoms with Crippen LogP contribution in [0.5, 0.6) is 0 Å². The van der Waals surface area contributed by atoms with Crippen molar-refractivity contribution in [1.82, 2.24) is 9.78 Å². The van der Waals surface area contributed by atoms with Crippen molar-refractivity contribution in [2.24, 2.45) is 5.92 Å². The maximum Gasteiger partial charge on any atom is 0.150 e. The van der Waals surface area contributed by atoms with Crippen LogP contribution in [-0.2, 0) is 9.84 Å². The number of alkyl halides is 1. The van der Waals surface area contributed by atoms with Gasteiger partial charge in [0.2, 0.25) is 0 Å². The minimum absolute atomic E-state index is 0.0199. The molecule has 17 heavy (non-hydrogen) atoms. The Morgan fingerprint density at radius 1 is 1.53 bits per heavy atom. The highest BCUT2D eigenvalue weighted by molar-refractivity contribution is 7.91. The zero-order valence-electron chi connectivity index (χ0n) is 10.0. The zero-order chi connectivity index (χ0) is 12.6. The molecule has 0 bridgehead atoms. The molecule has 0 aromatic carbocycles. The van der Waals surface area contributed by atoms with Crippen molar-refractivity contribution in [3.8, 4) is 0 Å². The van der Waals surface area contributed by atoms with Crippen LogP contribution in [0.2, 0.25) is 0 Å². The second kappa shape index (κ2) is 4.61. The predicted molar refractivity (Wildman–Crippen MR) is 68.0 cm³/mol. The highest BCUT2D eigenvalue weighted by Gasteiger charge is 2.34. The Hall–Kier alpha value is -0.550. The van der Waals surface area contributed by atoms with Gasteiger partial charge in [-0.1, -0.05) is 0 Å². The topological polar surface area (TPSA) is 52.0 Å². The van der Waals surface area contributed by atoms with Crippen LogP contribution < -0.4 is 0 Å². The van der Waals surface area contributed by atoms with Gasteiger partial charge in [-0.2, -0.15) is 5.10 Å². The fraction of sp³-hybridized carbons (Fsp3) is 0.727. The summed E-state index contributed by atoms with van der Waals surface area (Å²) in [6.45, 7) is 4.08. The molecule has 0 saturated carbocycles. The van der Waals surface area contributed by atoms with Gasteiger partial charge in [0.05, 0.1) is 23.1 Å². The quantitative estimate of drug-likeness (QED) is 0.795. The summed E-state index contributed by atoms with van der Waals surface area (Å²) in [5.41, 5.74) is 0.919. The highest BCUT2D eigenvalue weighted by atomic mass is 35.5. The maximum absolute atomic E-state index is 11.4. The fourth-order valence-electron chi connectivity index (χ4n) is 2.10. The summed E-state index contributed by atoms with van der Waals surface area (Å²) < 4.78 is 24.7. The normalized spacial score (nSPS) is 25.3. The maximum atomic E-state index is 11.4. The van der Waals surface area contributed by atoms with E-state index in [1.807, 2.05) is 24.7 Å². The summed E-state index contributed by atoms with van der Waals surface area (Å²) in [6, 6.07) is 0.292. The summed E-state index contributed by atoms with van der Waals surface area (Å²) in [4.78, 5) is 0. The van der Waals surface area contributed by atoms with Gasteiger partial charge in [0.1, 0.15) is 0 Å². The number of aromatic nitrogens is 2. The molecular formula is C11H17ClN2O2S. The number of hydrogen-bond acceptors (Lipinski definition) is 3. The van der Waals surface area contributed by atoms with Gasteiger partial charge in [0.15, 0.2) is 9.84 Å². The third kappa shape index (κ3) is 2.83. The third-order valence-electron chi connectivity index (χ3n) is 3.15. The molecule has 1 aliphatic heterocycles. The Kier molecular flexibility index (Phi) is 3.50. The highest BCUT2D eigenvalue weighted by Crippen LogP contribution is 2.36. The molecule has 1 aliphatic rings. The van der Waals surface area contributed by atoms with E-state index in [4.69, 9.17) is 11.6 Å². The smallest absolute Gasteiger partial charge is 0.150 e. The number of rotatable bonds is 3. The van der Waals surface area contributed by atoms with E-state index in [0.717, 1.165) is 5.56 Å². The Balaban J connectivity index is 2.12. The van der Waals surface area contributed by atoms with Crippen LogP contribution in [0.1, 0.15) is 37.3 Å². The van der Waals surface area contributed by atoms with Crippen LogP contribution in [0.15, 0.2) is 12.4 Å². The average Bonchev–Trinajstić information content (AvgIpc) is 2.83. The van der Waals surface area contributed by atoms with Gasteiger partial charge in [0, 0.05) is 17.8 Å². The Morgan fingerprint density at radius 3 is 2.71 bits per heavy atom. The molecule has 1 aromatic heterocycles. The molecule has 96 valence electrons. The number of hydrogen-bond donors (Lipinski definition) is 0. The van der Waals surface area contributed by atoms with Gasteiger partial charge in [0.25, 0.3) is 0 Å². The SMILES string of the molecule is CC(C)n1cc(C(Cl)C2CCS(=O)(=O)C2)cn1. The van der Waals surface area contributed by atoms with E-state index in [2.05, 4.69) is 5.10 Å². The van der Waals surface area contributed by atoms with E-state index in [-0.39, 0.29) is 22.8 Å². The molecular weight excluding hydrogens is 260 g/mol. The number of sulfone groups is 1. The summed E-state index contributed by atoms with van der Waals surface area (Å²) in [5.74, 6) is 0.485. The second-order valence-corrected chi connectivity index (χ2v) is 7.61. The summed E-state index contributed by atoms with van der Waals surface area (Å²) in [7, 11) is -2.87. The minimum atomic E-state index is -2.87. The minimum Gasteiger partial charge on any atom is -0.270 e. The van der Waals surface area contributed by atoms with Crippen molar-refractivity contribution < 1.29 is 8.42 Å². The number of nitrogens with zero attached hydrogens (tertiary/aromatic N) is 2. The van der Waals surface area contributed by atoms with E-state index in [1.165, 1.54) is 0 Å². The van der Waals surface area contributed by atoms with Crippen LogP contribution in [0.4, 0.5) is 0 Å². The Morgan fingerprint density at radius 2 is 2.24 bits per heavy atom. The van der Waals surface area contributed by atoms with Crippen LogP contribution >= 0.6 is 11.6 Å². The van der Waals surface area contributed by atoms with Gasteiger partial charge in [-0.25, -0.2) is 8.42 Å². The third-order valence-corrected chi connectivity index (χ3v) is 5.55.